The summed E-state index contributed by atoms with van der Waals surface area (Å²) < 4.78 is 1.48. The Labute approximate surface area is 108 Å². The second kappa shape index (κ2) is 4.91. The molecule has 1 aliphatic heterocycles. The number of rotatable bonds is 3. The van der Waals surface area contributed by atoms with Crippen LogP contribution < -0.4 is 0 Å². The van der Waals surface area contributed by atoms with E-state index in [1.807, 2.05) is 0 Å². The highest BCUT2D eigenvalue weighted by Gasteiger charge is 2.45. The molecule has 1 saturated carbocycles. The average Bonchev–Trinajstić information content (AvgIpc) is 2.65. The van der Waals surface area contributed by atoms with Crippen LogP contribution in [0.2, 0.25) is 0 Å². The van der Waals surface area contributed by atoms with Gasteiger partial charge in [-0.3, -0.25) is 0 Å². The van der Waals surface area contributed by atoms with E-state index in [1.165, 1.54) is 62.6 Å². The van der Waals surface area contributed by atoms with Crippen molar-refractivity contribution in [1.29, 1.82) is 0 Å². The lowest BCUT2D eigenvalue weighted by Gasteiger charge is -2.49. The molecule has 0 amide bonds. The van der Waals surface area contributed by atoms with Crippen molar-refractivity contribution >= 4 is 0 Å². The van der Waals surface area contributed by atoms with Crippen molar-refractivity contribution in [3.8, 4) is 0 Å². The zero-order valence-corrected chi connectivity index (χ0v) is 12.5. The molecule has 1 heteroatoms. The Bertz CT molecular complexity index is 250. The van der Waals surface area contributed by atoms with Crippen molar-refractivity contribution in [2.24, 2.45) is 11.3 Å². The summed E-state index contributed by atoms with van der Waals surface area (Å²) in [7, 11) is 0. The first-order chi connectivity index (χ1) is 7.97. The summed E-state index contributed by atoms with van der Waals surface area (Å²) in [5.74, 6) is 0.941. The SMILES string of the molecule is CCC[N+]1(C2CC(C)CC(C)(C)C2)CCCC1. The summed E-state index contributed by atoms with van der Waals surface area (Å²) in [4.78, 5) is 0. The van der Waals surface area contributed by atoms with E-state index in [-0.39, 0.29) is 0 Å². The molecule has 0 spiro atoms. The van der Waals surface area contributed by atoms with E-state index in [4.69, 9.17) is 0 Å². The first kappa shape index (κ1) is 13.4. The molecule has 2 unspecified atom stereocenters. The van der Waals surface area contributed by atoms with Crippen LogP contribution in [-0.2, 0) is 0 Å². The van der Waals surface area contributed by atoms with Gasteiger partial charge in [0, 0.05) is 25.7 Å². The number of hydrogen-bond donors (Lipinski definition) is 0. The molecule has 0 aromatic carbocycles. The highest BCUT2D eigenvalue weighted by atomic mass is 15.4. The first-order valence-electron chi connectivity index (χ1n) is 7.83. The third-order valence-electron chi connectivity index (χ3n) is 5.26. The summed E-state index contributed by atoms with van der Waals surface area (Å²) in [6.07, 6.45) is 8.72. The van der Waals surface area contributed by atoms with Gasteiger partial charge in [-0.15, -0.1) is 0 Å². The summed E-state index contributed by atoms with van der Waals surface area (Å²) in [5.41, 5.74) is 0.587. The lowest BCUT2D eigenvalue weighted by atomic mass is 9.69. The van der Waals surface area contributed by atoms with E-state index in [0.29, 0.717) is 5.41 Å². The van der Waals surface area contributed by atoms with Crippen LogP contribution in [0.3, 0.4) is 0 Å². The fraction of sp³-hybridized carbons (Fsp3) is 1.00. The van der Waals surface area contributed by atoms with Crippen LogP contribution >= 0.6 is 0 Å². The Morgan fingerprint density at radius 3 is 2.29 bits per heavy atom. The topological polar surface area (TPSA) is 0 Å². The van der Waals surface area contributed by atoms with Crippen molar-refractivity contribution in [1.82, 2.24) is 0 Å². The maximum absolute atomic E-state index is 2.49. The van der Waals surface area contributed by atoms with Gasteiger partial charge in [0.1, 0.15) is 0 Å². The highest BCUT2D eigenvalue weighted by Crippen LogP contribution is 2.44. The lowest BCUT2D eigenvalue weighted by Crippen LogP contribution is -2.57. The van der Waals surface area contributed by atoms with Gasteiger partial charge in [-0.2, -0.15) is 0 Å². The minimum Gasteiger partial charge on any atom is -0.321 e. The van der Waals surface area contributed by atoms with Crippen LogP contribution in [0.4, 0.5) is 0 Å². The average molecular weight is 238 g/mol. The summed E-state index contributed by atoms with van der Waals surface area (Å²) >= 11 is 0. The van der Waals surface area contributed by atoms with Crippen LogP contribution in [0.15, 0.2) is 0 Å². The molecule has 2 aliphatic rings. The zero-order chi connectivity index (χ0) is 12.5. The second-order valence-electron chi connectivity index (χ2n) is 7.66. The van der Waals surface area contributed by atoms with Gasteiger partial charge in [-0.1, -0.05) is 27.7 Å². The van der Waals surface area contributed by atoms with E-state index in [0.717, 1.165) is 12.0 Å². The fourth-order valence-electron chi connectivity index (χ4n) is 4.89. The van der Waals surface area contributed by atoms with Crippen molar-refractivity contribution in [2.45, 2.75) is 72.3 Å². The Kier molecular flexibility index (Phi) is 3.87. The standard InChI is InChI=1S/C16H32N/c1-5-8-17(9-6-7-10-17)15-11-14(2)12-16(3,4)13-15/h14-15H,5-13H2,1-4H3/q+1. The van der Waals surface area contributed by atoms with Crippen molar-refractivity contribution < 1.29 is 4.48 Å². The lowest BCUT2D eigenvalue weighted by molar-refractivity contribution is -0.943. The quantitative estimate of drug-likeness (QED) is 0.646. The highest BCUT2D eigenvalue weighted by molar-refractivity contribution is 4.84. The van der Waals surface area contributed by atoms with Gasteiger partial charge >= 0.3 is 0 Å². The first-order valence-corrected chi connectivity index (χ1v) is 7.83. The maximum atomic E-state index is 2.49. The zero-order valence-electron chi connectivity index (χ0n) is 12.5. The predicted molar refractivity (Wildman–Crippen MR) is 75.0 cm³/mol. The Morgan fingerprint density at radius 1 is 1.12 bits per heavy atom. The number of nitrogens with zero attached hydrogens (tertiary/aromatic N) is 1. The molecule has 0 radical (unpaired) electrons. The fourth-order valence-corrected chi connectivity index (χ4v) is 4.89. The monoisotopic (exact) mass is 238 g/mol. The molecular weight excluding hydrogens is 206 g/mol. The molecule has 1 nitrogen and oxygen atoms in total. The van der Waals surface area contributed by atoms with Crippen molar-refractivity contribution in [2.75, 3.05) is 19.6 Å². The van der Waals surface area contributed by atoms with Crippen molar-refractivity contribution in [3.05, 3.63) is 0 Å². The van der Waals surface area contributed by atoms with Crippen LogP contribution in [0.25, 0.3) is 0 Å². The number of likely N-dealkylation sites (tertiary alicyclic amines) is 1. The molecule has 2 fully saturated rings. The van der Waals surface area contributed by atoms with E-state index in [2.05, 4.69) is 27.7 Å². The van der Waals surface area contributed by atoms with Gasteiger partial charge < -0.3 is 4.48 Å². The smallest absolute Gasteiger partial charge is 0.0898 e. The van der Waals surface area contributed by atoms with Gasteiger partial charge in [0.15, 0.2) is 0 Å². The second-order valence-corrected chi connectivity index (χ2v) is 7.66. The van der Waals surface area contributed by atoms with Crippen molar-refractivity contribution in [3.63, 3.8) is 0 Å². The largest absolute Gasteiger partial charge is 0.321 e. The maximum Gasteiger partial charge on any atom is 0.0898 e. The van der Waals surface area contributed by atoms with E-state index < -0.39 is 0 Å². The van der Waals surface area contributed by atoms with Gasteiger partial charge in [0.05, 0.1) is 25.7 Å². The molecule has 1 saturated heterocycles. The molecule has 100 valence electrons. The summed E-state index contributed by atoms with van der Waals surface area (Å²) in [6, 6.07) is 0.969. The molecule has 1 aliphatic carbocycles. The molecule has 1 heterocycles. The third-order valence-corrected chi connectivity index (χ3v) is 5.26. The number of hydrogen-bond acceptors (Lipinski definition) is 0. The molecule has 0 aromatic heterocycles. The van der Waals surface area contributed by atoms with E-state index in [1.54, 1.807) is 0 Å². The summed E-state index contributed by atoms with van der Waals surface area (Å²) in [6.45, 7) is 14.2. The molecule has 0 N–H and O–H groups in total. The van der Waals surface area contributed by atoms with Crippen LogP contribution in [0.1, 0.15) is 66.2 Å². The Hall–Kier alpha value is -0.0400. The molecule has 2 rings (SSSR count). The van der Waals surface area contributed by atoms with Crippen LogP contribution in [-0.4, -0.2) is 30.2 Å². The normalized spacial score (nSPS) is 36.0. The van der Waals surface area contributed by atoms with Gasteiger partial charge in [-0.05, 0) is 24.2 Å². The van der Waals surface area contributed by atoms with E-state index >= 15 is 0 Å². The molecule has 2 atom stereocenters. The van der Waals surface area contributed by atoms with Gasteiger partial charge in [0.25, 0.3) is 0 Å². The summed E-state index contributed by atoms with van der Waals surface area (Å²) in [5, 5.41) is 0. The minimum absolute atomic E-state index is 0.587. The molecular formula is C16H32N+. The van der Waals surface area contributed by atoms with Gasteiger partial charge in [0.2, 0.25) is 0 Å². The molecule has 17 heavy (non-hydrogen) atoms. The molecule has 0 aromatic rings. The van der Waals surface area contributed by atoms with Crippen LogP contribution in [0.5, 0.6) is 0 Å². The predicted octanol–water partition coefficient (Wildman–Crippen LogP) is 4.22. The number of quaternary nitrogens is 1. The Morgan fingerprint density at radius 2 is 1.76 bits per heavy atom. The van der Waals surface area contributed by atoms with Crippen LogP contribution in [0, 0.1) is 11.3 Å². The Balaban J connectivity index is 2.13. The van der Waals surface area contributed by atoms with E-state index in [9.17, 15) is 0 Å². The van der Waals surface area contributed by atoms with Gasteiger partial charge in [-0.25, -0.2) is 0 Å². The third kappa shape index (κ3) is 2.86. The minimum atomic E-state index is 0.587. The molecule has 0 bridgehead atoms.